The minimum atomic E-state index is -0.491. The highest BCUT2D eigenvalue weighted by atomic mass is 16.4. The molecule has 0 amide bonds. The predicted octanol–water partition coefficient (Wildman–Crippen LogP) is 2.94. The van der Waals surface area contributed by atoms with Gasteiger partial charge in [-0.3, -0.25) is 4.79 Å². The van der Waals surface area contributed by atoms with E-state index in [4.69, 9.17) is 5.21 Å². The lowest BCUT2D eigenvalue weighted by atomic mass is 10.1. The summed E-state index contributed by atoms with van der Waals surface area (Å²) in [5, 5.41) is 11.4. The molecule has 1 N–H and O–H groups in total. The van der Waals surface area contributed by atoms with Crippen LogP contribution in [0.1, 0.15) is 10.5 Å². The van der Waals surface area contributed by atoms with Gasteiger partial charge in [0.1, 0.15) is 17.6 Å². The summed E-state index contributed by atoms with van der Waals surface area (Å²) in [5.41, 5.74) is 2.74. The zero-order valence-electron chi connectivity index (χ0n) is 11.0. The van der Waals surface area contributed by atoms with Gasteiger partial charge in [0.2, 0.25) is 5.78 Å². The van der Waals surface area contributed by atoms with Gasteiger partial charge >= 0.3 is 0 Å². The van der Waals surface area contributed by atoms with Gasteiger partial charge in [-0.1, -0.05) is 47.6 Å². The third-order valence-electron chi connectivity index (χ3n) is 3.03. The van der Waals surface area contributed by atoms with E-state index in [9.17, 15) is 4.79 Å². The smallest absolute Gasteiger partial charge is 0.227 e. The van der Waals surface area contributed by atoms with E-state index in [2.05, 4.69) is 15.1 Å². The summed E-state index contributed by atoms with van der Waals surface area (Å²) in [6.45, 7) is 0. The number of carbonyl (C=O) groups excluding carboxylic acids is 1. The Labute approximate surface area is 120 Å². The van der Waals surface area contributed by atoms with Crippen LogP contribution in [-0.4, -0.2) is 27.2 Å². The van der Waals surface area contributed by atoms with Gasteiger partial charge in [-0.25, -0.2) is 9.97 Å². The Bertz CT molecular complexity index is 829. The average molecular weight is 277 g/mol. The lowest BCUT2D eigenvalue weighted by molar-refractivity contribution is 0.106. The van der Waals surface area contributed by atoms with Crippen molar-refractivity contribution < 1.29 is 10.0 Å². The number of carbonyl (C=O) groups is 1. The summed E-state index contributed by atoms with van der Waals surface area (Å²) >= 11 is 0. The SMILES string of the molecule is O=C(C=NO)c1nc2ccccc2nc1-c1ccccc1. The minimum absolute atomic E-state index is 0.165. The van der Waals surface area contributed by atoms with E-state index in [1.54, 1.807) is 6.07 Å². The van der Waals surface area contributed by atoms with Crippen LogP contribution in [0.4, 0.5) is 0 Å². The summed E-state index contributed by atoms with van der Waals surface area (Å²) in [4.78, 5) is 20.9. The minimum Gasteiger partial charge on any atom is -0.411 e. The van der Waals surface area contributed by atoms with Gasteiger partial charge in [-0.2, -0.15) is 0 Å². The third-order valence-corrected chi connectivity index (χ3v) is 3.03. The average Bonchev–Trinajstić information content (AvgIpc) is 2.54. The molecule has 102 valence electrons. The van der Waals surface area contributed by atoms with Crippen LogP contribution in [0, 0.1) is 0 Å². The predicted molar refractivity (Wildman–Crippen MR) is 79.6 cm³/mol. The van der Waals surface area contributed by atoms with Gasteiger partial charge in [0, 0.05) is 5.56 Å². The molecule has 0 aliphatic rings. The first kappa shape index (κ1) is 12.9. The number of benzene rings is 2. The van der Waals surface area contributed by atoms with E-state index in [1.165, 1.54) is 0 Å². The fourth-order valence-electron chi connectivity index (χ4n) is 2.08. The van der Waals surface area contributed by atoms with Gasteiger partial charge in [0.25, 0.3) is 0 Å². The van der Waals surface area contributed by atoms with E-state index in [0.717, 1.165) is 11.8 Å². The summed E-state index contributed by atoms with van der Waals surface area (Å²) < 4.78 is 0. The molecule has 0 spiro atoms. The van der Waals surface area contributed by atoms with E-state index in [-0.39, 0.29) is 5.69 Å². The first-order valence-corrected chi connectivity index (χ1v) is 6.33. The molecule has 21 heavy (non-hydrogen) atoms. The Morgan fingerprint density at radius 2 is 1.57 bits per heavy atom. The first-order valence-electron chi connectivity index (χ1n) is 6.33. The van der Waals surface area contributed by atoms with Crippen molar-refractivity contribution >= 4 is 23.0 Å². The monoisotopic (exact) mass is 277 g/mol. The Morgan fingerprint density at radius 3 is 2.24 bits per heavy atom. The molecule has 0 bridgehead atoms. The van der Waals surface area contributed by atoms with Gasteiger partial charge in [0.15, 0.2) is 0 Å². The highest BCUT2D eigenvalue weighted by Crippen LogP contribution is 2.23. The molecule has 0 unspecified atom stereocenters. The van der Waals surface area contributed by atoms with Gasteiger partial charge in [0.05, 0.1) is 11.0 Å². The van der Waals surface area contributed by atoms with E-state index in [1.807, 2.05) is 48.5 Å². The molecule has 0 aliphatic carbocycles. The van der Waals surface area contributed by atoms with Crippen LogP contribution < -0.4 is 0 Å². The Balaban J connectivity index is 2.29. The number of ketones is 1. The second kappa shape index (κ2) is 5.50. The van der Waals surface area contributed by atoms with Gasteiger partial charge in [-0.05, 0) is 12.1 Å². The van der Waals surface area contributed by atoms with Crippen LogP contribution in [0.25, 0.3) is 22.3 Å². The summed E-state index contributed by atoms with van der Waals surface area (Å²) in [6.07, 6.45) is 0.825. The van der Waals surface area contributed by atoms with Crippen molar-refractivity contribution in [3.63, 3.8) is 0 Å². The topological polar surface area (TPSA) is 75.4 Å². The van der Waals surface area contributed by atoms with E-state index in [0.29, 0.717) is 16.7 Å². The molecule has 2 aromatic carbocycles. The number of rotatable bonds is 3. The van der Waals surface area contributed by atoms with Crippen LogP contribution in [-0.2, 0) is 0 Å². The molecule has 0 saturated heterocycles. The molecular weight excluding hydrogens is 266 g/mol. The summed E-state index contributed by atoms with van der Waals surface area (Å²) in [5.74, 6) is -0.491. The van der Waals surface area contributed by atoms with Gasteiger partial charge < -0.3 is 5.21 Å². The summed E-state index contributed by atoms with van der Waals surface area (Å²) in [6, 6.07) is 16.6. The maximum absolute atomic E-state index is 12.1. The highest BCUT2D eigenvalue weighted by molar-refractivity contribution is 6.36. The van der Waals surface area contributed by atoms with E-state index >= 15 is 0 Å². The van der Waals surface area contributed by atoms with Crippen molar-refractivity contribution in [3.05, 3.63) is 60.3 Å². The van der Waals surface area contributed by atoms with Crippen LogP contribution in [0.3, 0.4) is 0 Å². The molecule has 1 aromatic heterocycles. The number of hydrogen-bond donors (Lipinski definition) is 1. The molecular formula is C16H11N3O2. The van der Waals surface area contributed by atoms with Crippen molar-refractivity contribution in [1.82, 2.24) is 9.97 Å². The maximum atomic E-state index is 12.1. The van der Waals surface area contributed by atoms with Crippen LogP contribution >= 0.6 is 0 Å². The lowest BCUT2D eigenvalue weighted by Crippen LogP contribution is -2.08. The molecule has 0 radical (unpaired) electrons. The number of aromatic nitrogens is 2. The normalized spacial score (nSPS) is 11.0. The van der Waals surface area contributed by atoms with Crippen LogP contribution in [0.2, 0.25) is 0 Å². The molecule has 0 aliphatic heterocycles. The number of fused-ring (bicyclic) bond motifs is 1. The maximum Gasteiger partial charge on any atom is 0.227 e. The molecule has 0 saturated carbocycles. The molecule has 3 rings (SSSR count). The van der Waals surface area contributed by atoms with Crippen LogP contribution in [0.5, 0.6) is 0 Å². The molecule has 0 fully saturated rings. The molecule has 5 heteroatoms. The van der Waals surface area contributed by atoms with Crippen molar-refractivity contribution in [2.24, 2.45) is 5.16 Å². The Hall–Kier alpha value is -3.08. The Kier molecular flexibility index (Phi) is 3.39. The molecule has 3 aromatic rings. The van der Waals surface area contributed by atoms with E-state index < -0.39 is 5.78 Å². The number of nitrogens with zero attached hydrogens (tertiary/aromatic N) is 3. The lowest BCUT2D eigenvalue weighted by Gasteiger charge is -2.07. The molecule has 0 atom stereocenters. The summed E-state index contributed by atoms with van der Waals surface area (Å²) in [7, 11) is 0. The number of Topliss-reactive ketones (excluding diaryl/α,β-unsaturated/α-hetero) is 1. The van der Waals surface area contributed by atoms with Crippen molar-refractivity contribution in [3.8, 4) is 11.3 Å². The fourth-order valence-corrected chi connectivity index (χ4v) is 2.08. The fraction of sp³-hybridized carbons (Fsp3) is 0. The standard InChI is InChI=1S/C16H11N3O2/c20-14(10-17-21)16-15(11-6-2-1-3-7-11)18-12-8-4-5-9-13(12)19-16/h1-10,21H. The van der Waals surface area contributed by atoms with Crippen molar-refractivity contribution in [2.75, 3.05) is 0 Å². The van der Waals surface area contributed by atoms with Crippen LogP contribution in [0.15, 0.2) is 59.8 Å². The number of hydrogen-bond acceptors (Lipinski definition) is 5. The van der Waals surface area contributed by atoms with Gasteiger partial charge in [-0.15, -0.1) is 0 Å². The highest BCUT2D eigenvalue weighted by Gasteiger charge is 2.16. The third kappa shape index (κ3) is 2.49. The zero-order valence-corrected chi connectivity index (χ0v) is 11.0. The molecule has 1 heterocycles. The van der Waals surface area contributed by atoms with Crippen molar-refractivity contribution in [1.29, 1.82) is 0 Å². The van der Waals surface area contributed by atoms with Crippen molar-refractivity contribution in [2.45, 2.75) is 0 Å². The second-order valence-electron chi connectivity index (χ2n) is 4.38. The largest absolute Gasteiger partial charge is 0.411 e. The molecule has 5 nitrogen and oxygen atoms in total. The number of para-hydroxylation sites is 2. The quantitative estimate of drug-likeness (QED) is 0.345. The second-order valence-corrected chi connectivity index (χ2v) is 4.38. The first-order chi connectivity index (χ1) is 10.3. The zero-order chi connectivity index (χ0) is 14.7. The number of oxime groups is 1. The Morgan fingerprint density at radius 1 is 0.952 bits per heavy atom.